The number of carbonyl (C=O) groups is 1. The second-order valence-corrected chi connectivity index (χ2v) is 8.61. The predicted molar refractivity (Wildman–Crippen MR) is 112 cm³/mol. The van der Waals surface area contributed by atoms with E-state index in [1.807, 2.05) is 23.6 Å². The van der Waals surface area contributed by atoms with Gasteiger partial charge in [0.1, 0.15) is 6.10 Å². The molecule has 3 heterocycles. The molecule has 2 saturated heterocycles. The van der Waals surface area contributed by atoms with E-state index in [9.17, 15) is 4.79 Å². The summed E-state index contributed by atoms with van der Waals surface area (Å²) in [6.45, 7) is 3.97. The van der Waals surface area contributed by atoms with Crippen molar-refractivity contribution < 1.29 is 9.53 Å². The first kappa shape index (κ1) is 19.4. The van der Waals surface area contributed by atoms with E-state index in [-0.39, 0.29) is 0 Å². The van der Waals surface area contributed by atoms with Crippen molar-refractivity contribution in [2.45, 2.75) is 50.7 Å². The van der Waals surface area contributed by atoms with E-state index in [1.54, 1.807) is 17.5 Å². The molecule has 2 aromatic rings. The highest BCUT2D eigenvalue weighted by molar-refractivity contribution is 7.11. The van der Waals surface area contributed by atoms with Crippen molar-refractivity contribution >= 4 is 17.2 Å². The molecule has 1 amide bonds. The first-order valence-electron chi connectivity index (χ1n) is 10.4. The Morgan fingerprint density at radius 3 is 2.50 bits per heavy atom. The molecule has 4 rings (SSSR count). The normalized spacial score (nSPS) is 19.6. The van der Waals surface area contributed by atoms with Crippen molar-refractivity contribution in [1.82, 2.24) is 14.8 Å². The van der Waals surface area contributed by atoms with Gasteiger partial charge in [0.25, 0.3) is 5.19 Å². The SMILES string of the molecule is O=C(CCc1ccccc1)N1CCC(N2CCC(Oc3nccs3)CC2)CC1. The van der Waals surface area contributed by atoms with Gasteiger partial charge in [0.05, 0.1) is 0 Å². The van der Waals surface area contributed by atoms with Crippen LogP contribution in [0.3, 0.4) is 0 Å². The van der Waals surface area contributed by atoms with Gasteiger partial charge in [0, 0.05) is 50.2 Å². The van der Waals surface area contributed by atoms with Gasteiger partial charge in [-0.25, -0.2) is 4.98 Å². The Kier molecular flexibility index (Phi) is 6.60. The number of amides is 1. The molecule has 2 aliphatic rings. The third-order valence-corrected chi connectivity index (χ3v) is 6.62. The molecule has 0 spiro atoms. The van der Waals surface area contributed by atoms with Gasteiger partial charge in [-0.2, -0.15) is 0 Å². The van der Waals surface area contributed by atoms with Gasteiger partial charge in [-0.05, 0) is 37.7 Å². The minimum atomic E-state index is 0.294. The van der Waals surface area contributed by atoms with Gasteiger partial charge in [0.15, 0.2) is 0 Å². The van der Waals surface area contributed by atoms with Crippen LogP contribution < -0.4 is 4.74 Å². The van der Waals surface area contributed by atoms with Crippen LogP contribution in [0.15, 0.2) is 41.9 Å². The average molecular weight is 400 g/mol. The van der Waals surface area contributed by atoms with Crippen LogP contribution in [0.4, 0.5) is 0 Å². The summed E-state index contributed by atoms with van der Waals surface area (Å²) in [4.78, 5) is 21.4. The zero-order chi connectivity index (χ0) is 19.2. The van der Waals surface area contributed by atoms with Gasteiger partial charge >= 0.3 is 0 Å². The number of carbonyl (C=O) groups excluding carboxylic acids is 1. The van der Waals surface area contributed by atoms with Crippen LogP contribution in [0.25, 0.3) is 0 Å². The molecule has 5 nitrogen and oxygen atoms in total. The van der Waals surface area contributed by atoms with E-state index in [4.69, 9.17) is 4.74 Å². The van der Waals surface area contributed by atoms with Crippen LogP contribution in [0.2, 0.25) is 0 Å². The standard InChI is InChI=1S/C22H29N3O2S/c26-21(7-6-18-4-2-1-3-5-18)25-13-8-19(9-14-25)24-15-10-20(11-16-24)27-22-23-12-17-28-22/h1-5,12,17,19-20H,6-11,13-16H2. The monoisotopic (exact) mass is 399 g/mol. The summed E-state index contributed by atoms with van der Waals surface area (Å²) in [5, 5.41) is 2.75. The van der Waals surface area contributed by atoms with Crippen LogP contribution >= 0.6 is 11.3 Å². The maximum Gasteiger partial charge on any atom is 0.273 e. The molecule has 0 unspecified atom stereocenters. The number of aryl methyl sites for hydroxylation is 1. The second kappa shape index (κ2) is 9.52. The Morgan fingerprint density at radius 1 is 1.07 bits per heavy atom. The molecule has 2 fully saturated rings. The number of nitrogens with zero attached hydrogens (tertiary/aromatic N) is 3. The maximum atomic E-state index is 12.5. The lowest BCUT2D eigenvalue weighted by Crippen LogP contribution is -2.50. The van der Waals surface area contributed by atoms with Gasteiger partial charge in [-0.1, -0.05) is 41.7 Å². The van der Waals surface area contributed by atoms with Crippen LogP contribution in [-0.2, 0) is 11.2 Å². The number of piperidine rings is 2. The van der Waals surface area contributed by atoms with Crippen LogP contribution in [-0.4, -0.2) is 59.0 Å². The number of hydrogen-bond acceptors (Lipinski definition) is 5. The minimum Gasteiger partial charge on any atom is -0.467 e. The molecule has 0 radical (unpaired) electrons. The molecule has 1 aromatic heterocycles. The minimum absolute atomic E-state index is 0.294. The van der Waals surface area contributed by atoms with Crippen molar-refractivity contribution in [2.75, 3.05) is 26.2 Å². The second-order valence-electron chi connectivity index (χ2n) is 7.75. The molecule has 0 N–H and O–H groups in total. The molecular weight excluding hydrogens is 370 g/mol. The molecule has 0 atom stereocenters. The number of aromatic nitrogens is 1. The van der Waals surface area contributed by atoms with Crippen molar-refractivity contribution in [3.63, 3.8) is 0 Å². The number of hydrogen-bond donors (Lipinski definition) is 0. The van der Waals surface area contributed by atoms with E-state index in [2.05, 4.69) is 26.9 Å². The summed E-state index contributed by atoms with van der Waals surface area (Å²) >= 11 is 1.57. The quantitative estimate of drug-likeness (QED) is 0.744. The van der Waals surface area contributed by atoms with E-state index in [0.717, 1.165) is 63.5 Å². The fourth-order valence-corrected chi connectivity index (χ4v) is 4.86. The van der Waals surface area contributed by atoms with Crippen molar-refractivity contribution in [3.8, 4) is 5.19 Å². The van der Waals surface area contributed by atoms with Crippen LogP contribution in [0.1, 0.15) is 37.7 Å². The lowest BCUT2D eigenvalue weighted by Gasteiger charge is -2.41. The Morgan fingerprint density at radius 2 is 1.82 bits per heavy atom. The maximum absolute atomic E-state index is 12.5. The molecule has 6 heteroatoms. The number of thiazole rings is 1. The number of ether oxygens (including phenoxy) is 1. The van der Waals surface area contributed by atoms with Gasteiger partial charge in [-0.15, -0.1) is 0 Å². The third-order valence-electron chi connectivity index (χ3n) is 5.96. The molecule has 0 saturated carbocycles. The van der Waals surface area contributed by atoms with E-state index in [1.165, 1.54) is 5.56 Å². The fraction of sp³-hybridized carbons (Fsp3) is 0.545. The predicted octanol–water partition coefficient (Wildman–Crippen LogP) is 3.61. The van der Waals surface area contributed by atoms with Crippen LogP contribution in [0, 0.1) is 0 Å². The van der Waals surface area contributed by atoms with E-state index in [0.29, 0.717) is 24.5 Å². The fourth-order valence-electron chi connectivity index (χ4n) is 4.30. The molecule has 150 valence electrons. The van der Waals surface area contributed by atoms with Gasteiger partial charge in [-0.3, -0.25) is 9.69 Å². The molecule has 2 aliphatic heterocycles. The van der Waals surface area contributed by atoms with E-state index >= 15 is 0 Å². The summed E-state index contributed by atoms with van der Waals surface area (Å²) in [5.74, 6) is 0.304. The van der Waals surface area contributed by atoms with Crippen LogP contribution in [0.5, 0.6) is 5.19 Å². The van der Waals surface area contributed by atoms with E-state index < -0.39 is 0 Å². The molecular formula is C22H29N3O2S. The topological polar surface area (TPSA) is 45.7 Å². The highest BCUT2D eigenvalue weighted by Crippen LogP contribution is 2.25. The number of benzene rings is 1. The van der Waals surface area contributed by atoms with Crippen molar-refractivity contribution in [3.05, 3.63) is 47.5 Å². The zero-order valence-electron chi connectivity index (χ0n) is 16.3. The summed E-state index contributed by atoms with van der Waals surface area (Å²) in [7, 11) is 0. The number of likely N-dealkylation sites (tertiary alicyclic amines) is 2. The first-order valence-corrected chi connectivity index (χ1v) is 11.3. The molecule has 0 aliphatic carbocycles. The zero-order valence-corrected chi connectivity index (χ0v) is 17.2. The van der Waals surface area contributed by atoms with Gasteiger partial charge < -0.3 is 9.64 Å². The lowest BCUT2D eigenvalue weighted by molar-refractivity contribution is -0.132. The van der Waals surface area contributed by atoms with Crippen molar-refractivity contribution in [1.29, 1.82) is 0 Å². The Labute approximate surface area is 171 Å². The summed E-state index contributed by atoms with van der Waals surface area (Å²) in [5.41, 5.74) is 1.24. The van der Waals surface area contributed by atoms with Crippen molar-refractivity contribution in [2.24, 2.45) is 0 Å². The summed E-state index contributed by atoms with van der Waals surface area (Å²) < 4.78 is 5.97. The lowest BCUT2D eigenvalue weighted by atomic mass is 9.98. The highest BCUT2D eigenvalue weighted by atomic mass is 32.1. The Hall–Kier alpha value is -1.92. The third kappa shape index (κ3) is 5.11. The smallest absolute Gasteiger partial charge is 0.273 e. The highest BCUT2D eigenvalue weighted by Gasteiger charge is 2.30. The summed E-state index contributed by atoms with van der Waals surface area (Å²) in [6, 6.07) is 10.9. The first-order chi connectivity index (χ1) is 13.8. The largest absolute Gasteiger partial charge is 0.467 e. The Bertz CT molecular complexity index is 722. The summed E-state index contributed by atoms with van der Waals surface area (Å²) in [6.07, 6.45) is 7.86. The molecule has 1 aromatic carbocycles. The molecule has 28 heavy (non-hydrogen) atoms. The van der Waals surface area contributed by atoms with Gasteiger partial charge in [0.2, 0.25) is 5.91 Å². The average Bonchev–Trinajstić information content (AvgIpc) is 3.26. The molecule has 0 bridgehead atoms. The Balaban J connectivity index is 1.17. The number of rotatable bonds is 6.